The quantitative estimate of drug-likeness (QED) is 0.360. The molecule has 0 saturated heterocycles. The molecule has 4 aromatic rings. The first-order chi connectivity index (χ1) is 15.4. The third kappa shape index (κ3) is 4.12. The summed E-state index contributed by atoms with van der Waals surface area (Å²) in [6, 6.07) is 11.9. The van der Waals surface area contributed by atoms with E-state index in [-0.39, 0.29) is 29.0 Å². The predicted octanol–water partition coefficient (Wildman–Crippen LogP) is 1.55. The lowest BCUT2D eigenvalue weighted by atomic mass is 10.2. The molecule has 0 aliphatic rings. The SMILES string of the molecule is O=C(Cn1c(=O)n(Cc2cccnc2)c(=O)c2ncccc21)Nc1cccc([N+](=O)[O-])c1. The molecule has 0 aliphatic heterocycles. The van der Waals surface area contributed by atoms with E-state index in [1.54, 1.807) is 24.4 Å². The molecule has 11 heteroatoms. The fourth-order valence-electron chi connectivity index (χ4n) is 3.25. The Hall–Kier alpha value is -4.67. The maximum atomic E-state index is 13.1. The van der Waals surface area contributed by atoms with Crippen LogP contribution in [0, 0.1) is 10.1 Å². The Morgan fingerprint density at radius 3 is 2.62 bits per heavy atom. The first-order valence-electron chi connectivity index (χ1n) is 9.45. The number of amides is 1. The van der Waals surface area contributed by atoms with Gasteiger partial charge in [0.25, 0.3) is 11.2 Å². The number of nitrogens with one attached hydrogen (secondary N) is 1. The minimum atomic E-state index is -0.687. The third-order valence-electron chi connectivity index (χ3n) is 4.69. The Kier molecular flexibility index (Phi) is 5.53. The highest BCUT2D eigenvalue weighted by Crippen LogP contribution is 2.17. The molecule has 3 aromatic heterocycles. The van der Waals surface area contributed by atoms with Crippen LogP contribution < -0.4 is 16.6 Å². The van der Waals surface area contributed by atoms with Crippen molar-refractivity contribution < 1.29 is 9.72 Å². The van der Waals surface area contributed by atoms with E-state index in [1.807, 2.05) is 0 Å². The number of carbonyl (C=O) groups excluding carboxylic acids is 1. The van der Waals surface area contributed by atoms with E-state index in [4.69, 9.17) is 0 Å². The van der Waals surface area contributed by atoms with Crippen LogP contribution in [0.4, 0.5) is 11.4 Å². The van der Waals surface area contributed by atoms with Gasteiger partial charge in [-0.3, -0.25) is 33.8 Å². The molecule has 1 aromatic carbocycles. The highest BCUT2D eigenvalue weighted by molar-refractivity contribution is 5.91. The average molecular weight is 432 g/mol. The largest absolute Gasteiger partial charge is 0.332 e. The molecule has 160 valence electrons. The molecule has 0 spiro atoms. The van der Waals surface area contributed by atoms with Crippen LogP contribution in [-0.4, -0.2) is 29.9 Å². The van der Waals surface area contributed by atoms with Crippen LogP contribution in [-0.2, 0) is 17.9 Å². The van der Waals surface area contributed by atoms with Crippen LogP contribution >= 0.6 is 0 Å². The standard InChI is InChI=1S/C21H16N6O5/c28-18(24-15-5-1-6-16(10-15)27(31)32)13-25-17-7-3-9-23-19(17)20(29)26(21(25)30)12-14-4-2-8-22-11-14/h1-11H,12-13H2,(H,24,28). The third-order valence-corrected chi connectivity index (χ3v) is 4.69. The van der Waals surface area contributed by atoms with Gasteiger partial charge in [-0.25, -0.2) is 9.78 Å². The van der Waals surface area contributed by atoms with E-state index in [9.17, 15) is 24.5 Å². The number of hydrogen-bond donors (Lipinski definition) is 1. The van der Waals surface area contributed by atoms with Crippen LogP contribution in [0.3, 0.4) is 0 Å². The summed E-state index contributed by atoms with van der Waals surface area (Å²) in [6.07, 6.45) is 4.54. The van der Waals surface area contributed by atoms with Crippen molar-refractivity contribution in [3.63, 3.8) is 0 Å². The monoisotopic (exact) mass is 432 g/mol. The number of fused-ring (bicyclic) bond motifs is 1. The molecule has 4 rings (SSSR count). The number of carbonyl (C=O) groups is 1. The van der Waals surface area contributed by atoms with Crippen molar-refractivity contribution in [3.8, 4) is 0 Å². The summed E-state index contributed by atoms with van der Waals surface area (Å²) in [7, 11) is 0. The number of non-ortho nitro benzene ring substituents is 1. The Labute approximate surface area is 179 Å². The first-order valence-corrected chi connectivity index (χ1v) is 9.45. The van der Waals surface area contributed by atoms with E-state index in [0.717, 1.165) is 9.13 Å². The molecular weight excluding hydrogens is 416 g/mol. The fraction of sp³-hybridized carbons (Fsp3) is 0.0952. The van der Waals surface area contributed by atoms with Crippen LogP contribution in [0.5, 0.6) is 0 Å². The second-order valence-electron chi connectivity index (χ2n) is 6.85. The van der Waals surface area contributed by atoms with Gasteiger partial charge in [-0.05, 0) is 29.8 Å². The summed E-state index contributed by atoms with van der Waals surface area (Å²) in [6.45, 7) is -0.457. The number of nitro groups is 1. The number of nitro benzene ring substituents is 1. The molecule has 11 nitrogen and oxygen atoms in total. The van der Waals surface area contributed by atoms with E-state index in [0.29, 0.717) is 5.56 Å². The first kappa shape index (κ1) is 20.6. The van der Waals surface area contributed by atoms with Gasteiger partial charge >= 0.3 is 5.69 Å². The summed E-state index contributed by atoms with van der Waals surface area (Å²) in [4.78, 5) is 57.1. The molecule has 0 unspecified atom stereocenters. The van der Waals surface area contributed by atoms with Crippen molar-refractivity contribution in [3.05, 3.63) is 104 Å². The number of nitrogens with zero attached hydrogens (tertiary/aromatic N) is 5. The predicted molar refractivity (Wildman–Crippen MR) is 115 cm³/mol. The molecule has 3 heterocycles. The molecule has 0 atom stereocenters. The topological polar surface area (TPSA) is 142 Å². The van der Waals surface area contributed by atoms with E-state index in [1.165, 1.54) is 42.7 Å². The molecule has 0 saturated carbocycles. The molecule has 1 N–H and O–H groups in total. The normalized spacial score (nSPS) is 10.8. The van der Waals surface area contributed by atoms with Crippen LogP contribution in [0.25, 0.3) is 11.0 Å². The second-order valence-corrected chi connectivity index (χ2v) is 6.85. The van der Waals surface area contributed by atoms with Crippen molar-refractivity contribution >= 4 is 28.3 Å². The van der Waals surface area contributed by atoms with Crippen molar-refractivity contribution in [1.82, 2.24) is 19.1 Å². The van der Waals surface area contributed by atoms with Crippen LogP contribution in [0.1, 0.15) is 5.56 Å². The van der Waals surface area contributed by atoms with Crippen LogP contribution in [0.15, 0.2) is 76.7 Å². The van der Waals surface area contributed by atoms with Crippen molar-refractivity contribution in [1.29, 1.82) is 0 Å². The highest BCUT2D eigenvalue weighted by atomic mass is 16.6. The van der Waals surface area contributed by atoms with Gasteiger partial charge in [0.05, 0.1) is 17.0 Å². The summed E-state index contributed by atoms with van der Waals surface area (Å²) >= 11 is 0. The zero-order chi connectivity index (χ0) is 22.7. The number of rotatable bonds is 6. The molecule has 0 fully saturated rings. The number of aromatic nitrogens is 4. The lowest BCUT2D eigenvalue weighted by Gasteiger charge is -2.13. The summed E-state index contributed by atoms with van der Waals surface area (Å²) in [5, 5.41) is 13.5. The smallest absolute Gasteiger partial charge is 0.324 e. The van der Waals surface area contributed by atoms with Gasteiger partial charge in [-0.1, -0.05) is 12.1 Å². The van der Waals surface area contributed by atoms with Gasteiger partial charge in [0, 0.05) is 36.4 Å². The molecule has 1 amide bonds. The summed E-state index contributed by atoms with van der Waals surface area (Å²) < 4.78 is 2.14. The van der Waals surface area contributed by atoms with E-state index < -0.39 is 28.6 Å². The number of hydrogen-bond acceptors (Lipinski definition) is 7. The minimum absolute atomic E-state index is 0.0372. The zero-order valence-corrected chi connectivity index (χ0v) is 16.5. The summed E-state index contributed by atoms with van der Waals surface area (Å²) in [5.74, 6) is -0.593. The van der Waals surface area contributed by atoms with Crippen molar-refractivity contribution in [2.75, 3.05) is 5.32 Å². The van der Waals surface area contributed by atoms with Gasteiger partial charge in [-0.15, -0.1) is 0 Å². The van der Waals surface area contributed by atoms with Crippen molar-refractivity contribution in [2.24, 2.45) is 0 Å². The van der Waals surface area contributed by atoms with Gasteiger partial charge in [0.2, 0.25) is 5.91 Å². The van der Waals surface area contributed by atoms with E-state index >= 15 is 0 Å². The fourth-order valence-corrected chi connectivity index (χ4v) is 3.25. The van der Waals surface area contributed by atoms with Gasteiger partial charge in [-0.2, -0.15) is 0 Å². The maximum absolute atomic E-state index is 13.1. The zero-order valence-electron chi connectivity index (χ0n) is 16.5. The summed E-state index contributed by atoms with van der Waals surface area (Å²) in [5.41, 5.74) is -0.353. The van der Waals surface area contributed by atoms with Gasteiger partial charge in [0.15, 0.2) is 5.52 Å². The minimum Gasteiger partial charge on any atom is -0.324 e. The van der Waals surface area contributed by atoms with Gasteiger partial charge in [0.1, 0.15) is 6.54 Å². The number of anilines is 1. The van der Waals surface area contributed by atoms with Crippen LogP contribution in [0.2, 0.25) is 0 Å². The second kappa shape index (κ2) is 8.60. The maximum Gasteiger partial charge on any atom is 0.332 e. The average Bonchev–Trinajstić information content (AvgIpc) is 2.80. The Bertz CT molecular complexity index is 1440. The molecular formula is C21H16N6O5. The molecule has 32 heavy (non-hydrogen) atoms. The Morgan fingerprint density at radius 1 is 1.06 bits per heavy atom. The Balaban J connectivity index is 1.72. The molecule has 0 radical (unpaired) electrons. The molecule has 0 aliphatic carbocycles. The number of benzene rings is 1. The van der Waals surface area contributed by atoms with E-state index in [2.05, 4.69) is 15.3 Å². The lowest BCUT2D eigenvalue weighted by Crippen LogP contribution is -2.42. The van der Waals surface area contributed by atoms with Crippen molar-refractivity contribution in [2.45, 2.75) is 13.1 Å². The number of pyridine rings is 2. The Morgan fingerprint density at radius 2 is 1.88 bits per heavy atom. The van der Waals surface area contributed by atoms with Gasteiger partial charge < -0.3 is 5.32 Å². The highest BCUT2D eigenvalue weighted by Gasteiger charge is 2.17. The lowest BCUT2D eigenvalue weighted by molar-refractivity contribution is -0.384. The molecule has 0 bridgehead atoms.